The standard InChI is InChI=1S/C19H12N2O/c1-3-8-14-12(6-1)17-18(20-14)13-7-2-4-9-15(13)21-19(17)16-10-5-11-22-16/h1-11,20H. The number of H-pyrrole nitrogens is 1. The lowest BCUT2D eigenvalue weighted by atomic mass is 10.1. The van der Waals surface area contributed by atoms with Crippen molar-refractivity contribution in [3.63, 3.8) is 0 Å². The van der Waals surface area contributed by atoms with E-state index < -0.39 is 0 Å². The predicted molar refractivity (Wildman–Crippen MR) is 88.8 cm³/mol. The van der Waals surface area contributed by atoms with Gasteiger partial charge in [-0.1, -0.05) is 36.4 Å². The average molecular weight is 284 g/mol. The molecule has 3 heterocycles. The summed E-state index contributed by atoms with van der Waals surface area (Å²) in [6.07, 6.45) is 1.69. The van der Waals surface area contributed by atoms with Gasteiger partial charge in [0.05, 0.1) is 17.3 Å². The molecule has 0 aliphatic rings. The molecule has 3 aromatic heterocycles. The van der Waals surface area contributed by atoms with E-state index in [0.29, 0.717) is 0 Å². The lowest BCUT2D eigenvalue weighted by molar-refractivity contribution is 0.581. The summed E-state index contributed by atoms with van der Waals surface area (Å²) >= 11 is 0. The van der Waals surface area contributed by atoms with E-state index >= 15 is 0 Å². The van der Waals surface area contributed by atoms with Crippen LogP contribution in [0.5, 0.6) is 0 Å². The van der Waals surface area contributed by atoms with E-state index in [1.807, 2.05) is 36.4 Å². The fourth-order valence-electron chi connectivity index (χ4n) is 3.14. The number of nitrogens with zero attached hydrogens (tertiary/aromatic N) is 1. The van der Waals surface area contributed by atoms with E-state index in [1.54, 1.807) is 6.26 Å². The topological polar surface area (TPSA) is 41.8 Å². The van der Waals surface area contributed by atoms with E-state index in [1.165, 1.54) is 5.39 Å². The third-order valence-electron chi connectivity index (χ3n) is 4.10. The molecule has 0 bridgehead atoms. The van der Waals surface area contributed by atoms with E-state index in [4.69, 9.17) is 9.40 Å². The zero-order chi connectivity index (χ0) is 14.5. The molecule has 0 amide bonds. The number of hydrogen-bond acceptors (Lipinski definition) is 2. The van der Waals surface area contributed by atoms with Crippen molar-refractivity contribution in [2.45, 2.75) is 0 Å². The number of aromatic nitrogens is 2. The first kappa shape index (κ1) is 11.6. The third-order valence-corrected chi connectivity index (χ3v) is 4.10. The number of furan rings is 1. The molecule has 5 aromatic rings. The zero-order valence-corrected chi connectivity index (χ0v) is 11.7. The molecule has 0 aliphatic carbocycles. The van der Waals surface area contributed by atoms with Gasteiger partial charge in [-0.3, -0.25) is 0 Å². The number of rotatable bonds is 1. The Morgan fingerprint density at radius 2 is 1.64 bits per heavy atom. The zero-order valence-electron chi connectivity index (χ0n) is 11.7. The summed E-state index contributed by atoms with van der Waals surface area (Å²) < 4.78 is 5.62. The van der Waals surface area contributed by atoms with Crippen LogP contribution >= 0.6 is 0 Å². The maximum atomic E-state index is 5.62. The molecule has 0 saturated carbocycles. The van der Waals surface area contributed by atoms with Crippen molar-refractivity contribution in [1.29, 1.82) is 0 Å². The summed E-state index contributed by atoms with van der Waals surface area (Å²) in [6, 6.07) is 20.4. The maximum absolute atomic E-state index is 5.62. The van der Waals surface area contributed by atoms with Crippen LogP contribution < -0.4 is 0 Å². The summed E-state index contributed by atoms with van der Waals surface area (Å²) in [6.45, 7) is 0. The Hall–Kier alpha value is -3.07. The van der Waals surface area contributed by atoms with E-state index in [-0.39, 0.29) is 0 Å². The molecule has 5 rings (SSSR count). The molecule has 3 nitrogen and oxygen atoms in total. The highest BCUT2D eigenvalue weighted by atomic mass is 16.3. The van der Waals surface area contributed by atoms with Crippen LogP contribution in [0.25, 0.3) is 44.2 Å². The fraction of sp³-hybridized carbons (Fsp3) is 0. The lowest BCUT2D eigenvalue weighted by Gasteiger charge is -2.04. The van der Waals surface area contributed by atoms with Crippen LogP contribution in [0.4, 0.5) is 0 Å². The number of aromatic amines is 1. The van der Waals surface area contributed by atoms with Gasteiger partial charge < -0.3 is 9.40 Å². The molecule has 0 fully saturated rings. The van der Waals surface area contributed by atoms with Crippen molar-refractivity contribution in [3.05, 3.63) is 66.9 Å². The molecule has 0 aliphatic heterocycles. The lowest BCUT2D eigenvalue weighted by Crippen LogP contribution is -1.86. The van der Waals surface area contributed by atoms with E-state index in [2.05, 4.69) is 29.2 Å². The monoisotopic (exact) mass is 284 g/mol. The summed E-state index contributed by atoms with van der Waals surface area (Å²) in [5.41, 5.74) is 4.07. The first-order chi connectivity index (χ1) is 10.9. The summed E-state index contributed by atoms with van der Waals surface area (Å²) in [5, 5.41) is 3.41. The van der Waals surface area contributed by atoms with Crippen molar-refractivity contribution >= 4 is 32.7 Å². The van der Waals surface area contributed by atoms with Crippen LogP contribution in [0.3, 0.4) is 0 Å². The summed E-state index contributed by atoms with van der Waals surface area (Å²) in [7, 11) is 0. The second-order valence-corrected chi connectivity index (χ2v) is 5.38. The molecule has 2 aromatic carbocycles. The predicted octanol–water partition coefficient (Wildman–Crippen LogP) is 5.13. The molecule has 0 spiro atoms. The third kappa shape index (κ3) is 1.48. The number of hydrogen-bond donors (Lipinski definition) is 1. The minimum absolute atomic E-state index is 0.792. The number of nitrogens with one attached hydrogen (secondary N) is 1. The number of pyridine rings is 1. The van der Waals surface area contributed by atoms with Crippen molar-refractivity contribution < 1.29 is 4.42 Å². The normalized spacial score (nSPS) is 11.6. The van der Waals surface area contributed by atoms with Gasteiger partial charge >= 0.3 is 0 Å². The van der Waals surface area contributed by atoms with Gasteiger partial charge in [-0.25, -0.2) is 4.98 Å². The van der Waals surface area contributed by atoms with E-state index in [0.717, 1.165) is 38.8 Å². The number of fused-ring (bicyclic) bond motifs is 5. The molecule has 0 saturated heterocycles. The fourth-order valence-corrected chi connectivity index (χ4v) is 3.14. The van der Waals surface area contributed by atoms with Crippen LogP contribution in [0.2, 0.25) is 0 Å². The smallest absolute Gasteiger partial charge is 0.152 e. The second-order valence-electron chi connectivity index (χ2n) is 5.38. The van der Waals surface area contributed by atoms with Crippen molar-refractivity contribution in [2.24, 2.45) is 0 Å². The Bertz CT molecular complexity index is 1120. The van der Waals surface area contributed by atoms with Crippen LogP contribution in [-0.2, 0) is 0 Å². The summed E-state index contributed by atoms with van der Waals surface area (Å²) in [4.78, 5) is 8.40. The van der Waals surface area contributed by atoms with Gasteiger partial charge in [0, 0.05) is 21.7 Å². The van der Waals surface area contributed by atoms with Crippen LogP contribution in [0, 0.1) is 0 Å². The highest BCUT2D eigenvalue weighted by molar-refractivity contribution is 6.20. The van der Waals surface area contributed by atoms with Crippen LogP contribution in [0.1, 0.15) is 0 Å². The van der Waals surface area contributed by atoms with Gasteiger partial charge in [0.2, 0.25) is 0 Å². The van der Waals surface area contributed by atoms with Crippen molar-refractivity contribution in [3.8, 4) is 11.5 Å². The van der Waals surface area contributed by atoms with Gasteiger partial charge in [0.25, 0.3) is 0 Å². The maximum Gasteiger partial charge on any atom is 0.152 e. The molecule has 104 valence electrons. The molecular weight excluding hydrogens is 272 g/mol. The van der Waals surface area contributed by atoms with Gasteiger partial charge in [0.15, 0.2) is 5.76 Å². The van der Waals surface area contributed by atoms with E-state index in [9.17, 15) is 0 Å². The largest absolute Gasteiger partial charge is 0.463 e. The first-order valence-corrected chi connectivity index (χ1v) is 7.25. The molecular formula is C19H12N2O. The van der Waals surface area contributed by atoms with Gasteiger partial charge in [0.1, 0.15) is 5.69 Å². The molecule has 0 atom stereocenters. The molecule has 22 heavy (non-hydrogen) atoms. The minimum Gasteiger partial charge on any atom is -0.463 e. The molecule has 0 unspecified atom stereocenters. The molecule has 1 N–H and O–H groups in total. The van der Waals surface area contributed by atoms with Crippen molar-refractivity contribution in [1.82, 2.24) is 9.97 Å². The quantitative estimate of drug-likeness (QED) is 0.463. The van der Waals surface area contributed by atoms with Crippen LogP contribution in [0.15, 0.2) is 71.3 Å². The summed E-state index contributed by atoms with van der Waals surface area (Å²) in [5.74, 6) is 0.792. The Morgan fingerprint density at radius 3 is 2.50 bits per heavy atom. The second kappa shape index (κ2) is 4.21. The highest BCUT2D eigenvalue weighted by Crippen LogP contribution is 2.37. The Morgan fingerprint density at radius 1 is 0.818 bits per heavy atom. The van der Waals surface area contributed by atoms with Crippen molar-refractivity contribution in [2.75, 3.05) is 0 Å². The van der Waals surface area contributed by atoms with Crippen LogP contribution in [-0.4, -0.2) is 9.97 Å². The van der Waals surface area contributed by atoms with Gasteiger partial charge in [-0.05, 0) is 24.3 Å². The SMILES string of the molecule is c1coc(-c2nc3ccccc3c3[nH]c4ccccc4c23)c1. The molecule has 0 radical (unpaired) electrons. The van der Waals surface area contributed by atoms with Gasteiger partial charge in [-0.15, -0.1) is 0 Å². The van der Waals surface area contributed by atoms with Gasteiger partial charge in [-0.2, -0.15) is 0 Å². The first-order valence-electron chi connectivity index (χ1n) is 7.25. The number of para-hydroxylation sites is 2. The number of benzene rings is 2. The highest BCUT2D eigenvalue weighted by Gasteiger charge is 2.16. The molecule has 3 heteroatoms. The Labute approximate surface area is 126 Å². The Balaban J connectivity index is 2.09. The Kier molecular flexibility index (Phi) is 2.22. The average Bonchev–Trinajstić information content (AvgIpc) is 3.22. The minimum atomic E-state index is 0.792.